The third kappa shape index (κ3) is 4.88. The number of benzene rings is 1. The molecule has 0 saturated carbocycles. The van der Waals surface area contributed by atoms with E-state index in [1.807, 2.05) is 31.2 Å². The molecule has 19 heavy (non-hydrogen) atoms. The Morgan fingerprint density at radius 2 is 2.16 bits per heavy atom. The molecule has 1 amide bonds. The molecule has 1 aliphatic rings. The van der Waals surface area contributed by atoms with Gasteiger partial charge in [-0.1, -0.05) is 12.1 Å². The maximum absolute atomic E-state index is 11.9. The second-order valence-electron chi connectivity index (χ2n) is 5.23. The number of carbonyl (C=O) groups is 1. The van der Waals surface area contributed by atoms with Gasteiger partial charge in [0.1, 0.15) is 0 Å². The zero-order valence-electron chi connectivity index (χ0n) is 11.7. The molecule has 1 aromatic carbocycles. The van der Waals surface area contributed by atoms with Crippen LogP contribution in [0, 0.1) is 6.92 Å². The standard InChI is InChI=1S/C15H22N2OS/c1-12-4-3-5-13(10-12)16-15(18)11-19-14-6-8-17(2)9-7-14/h3-5,10,14H,6-9,11H2,1-2H3,(H,16,18). The fraction of sp³-hybridized carbons (Fsp3) is 0.533. The molecule has 0 unspecified atom stereocenters. The topological polar surface area (TPSA) is 32.3 Å². The van der Waals surface area contributed by atoms with Crippen molar-refractivity contribution in [3.63, 3.8) is 0 Å². The highest BCUT2D eigenvalue weighted by Gasteiger charge is 2.17. The molecule has 0 radical (unpaired) electrons. The summed E-state index contributed by atoms with van der Waals surface area (Å²) in [6, 6.07) is 7.93. The Labute approximate surface area is 119 Å². The first-order valence-corrected chi connectivity index (χ1v) is 7.85. The SMILES string of the molecule is Cc1cccc(NC(=O)CSC2CCN(C)CC2)c1. The lowest BCUT2D eigenvalue weighted by molar-refractivity contribution is -0.113. The first-order chi connectivity index (χ1) is 9.13. The minimum Gasteiger partial charge on any atom is -0.325 e. The van der Waals surface area contributed by atoms with Crippen molar-refractivity contribution in [3.8, 4) is 0 Å². The van der Waals surface area contributed by atoms with Crippen molar-refractivity contribution in [3.05, 3.63) is 29.8 Å². The summed E-state index contributed by atoms with van der Waals surface area (Å²) in [5, 5.41) is 3.60. The van der Waals surface area contributed by atoms with E-state index >= 15 is 0 Å². The molecule has 0 aromatic heterocycles. The van der Waals surface area contributed by atoms with Gasteiger partial charge in [-0.05, 0) is 57.6 Å². The Kier molecular flexibility index (Phi) is 5.28. The highest BCUT2D eigenvalue weighted by atomic mass is 32.2. The molecule has 104 valence electrons. The number of thioether (sulfide) groups is 1. The Morgan fingerprint density at radius 1 is 1.42 bits per heavy atom. The highest BCUT2D eigenvalue weighted by Crippen LogP contribution is 2.22. The van der Waals surface area contributed by atoms with Gasteiger partial charge in [0.05, 0.1) is 5.75 Å². The number of carbonyl (C=O) groups excluding carboxylic acids is 1. The van der Waals surface area contributed by atoms with Gasteiger partial charge in [0.15, 0.2) is 0 Å². The zero-order chi connectivity index (χ0) is 13.7. The largest absolute Gasteiger partial charge is 0.325 e. The van der Waals surface area contributed by atoms with E-state index in [0.29, 0.717) is 11.0 Å². The van der Waals surface area contributed by atoms with Gasteiger partial charge in [0, 0.05) is 10.9 Å². The molecular weight excluding hydrogens is 256 g/mol. The van der Waals surface area contributed by atoms with Crippen LogP contribution in [0.25, 0.3) is 0 Å². The number of aryl methyl sites for hydroxylation is 1. The van der Waals surface area contributed by atoms with Gasteiger partial charge in [-0.3, -0.25) is 4.79 Å². The Morgan fingerprint density at radius 3 is 2.84 bits per heavy atom. The average Bonchev–Trinajstić information content (AvgIpc) is 2.38. The van der Waals surface area contributed by atoms with Gasteiger partial charge >= 0.3 is 0 Å². The smallest absolute Gasteiger partial charge is 0.234 e. The van der Waals surface area contributed by atoms with E-state index in [1.54, 1.807) is 11.8 Å². The van der Waals surface area contributed by atoms with Gasteiger partial charge in [0.2, 0.25) is 5.91 Å². The maximum Gasteiger partial charge on any atom is 0.234 e. The number of nitrogens with one attached hydrogen (secondary N) is 1. The van der Waals surface area contributed by atoms with Gasteiger partial charge in [-0.15, -0.1) is 11.8 Å². The summed E-state index contributed by atoms with van der Waals surface area (Å²) < 4.78 is 0. The Balaban J connectivity index is 1.73. The number of anilines is 1. The van der Waals surface area contributed by atoms with Crippen LogP contribution in [0.1, 0.15) is 18.4 Å². The number of hydrogen-bond donors (Lipinski definition) is 1. The van der Waals surface area contributed by atoms with Crippen LogP contribution in [-0.2, 0) is 4.79 Å². The number of piperidine rings is 1. The van der Waals surface area contributed by atoms with Gasteiger partial charge in [0.25, 0.3) is 0 Å². The Bertz CT molecular complexity index is 428. The van der Waals surface area contributed by atoms with E-state index < -0.39 is 0 Å². The van der Waals surface area contributed by atoms with E-state index in [9.17, 15) is 4.79 Å². The molecule has 0 spiro atoms. The van der Waals surface area contributed by atoms with Crippen LogP contribution in [0.3, 0.4) is 0 Å². The average molecular weight is 278 g/mol. The number of rotatable bonds is 4. The number of hydrogen-bond acceptors (Lipinski definition) is 3. The summed E-state index contributed by atoms with van der Waals surface area (Å²) >= 11 is 1.79. The molecular formula is C15H22N2OS. The van der Waals surface area contributed by atoms with Crippen LogP contribution in [-0.4, -0.2) is 41.9 Å². The van der Waals surface area contributed by atoms with Gasteiger partial charge in [-0.25, -0.2) is 0 Å². The van der Waals surface area contributed by atoms with Crippen LogP contribution in [0.2, 0.25) is 0 Å². The number of likely N-dealkylation sites (tertiary alicyclic amines) is 1. The molecule has 1 saturated heterocycles. The monoisotopic (exact) mass is 278 g/mol. The molecule has 1 heterocycles. The van der Waals surface area contributed by atoms with E-state index in [4.69, 9.17) is 0 Å². The van der Waals surface area contributed by atoms with Crippen molar-refractivity contribution in [2.24, 2.45) is 0 Å². The highest BCUT2D eigenvalue weighted by molar-refractivity contribution is 8.00. The van der Waals surface area contributed by atoms with E-state index in [-0.39, 0.29) is 5.91 Å². The molecule has 4 heteroatoms. The van der Waals surface area contributed by atoms with Crippen LogP contribution in [0.4, 0.5) is 5.69 Å². The lowest BCUT2D eigenvalue weighted by Gasteiger charge is -2.28. The van der Waals surface area contributed by atoms with Gasteiger partial charge in [-0.2, -0.15) is 0 Å². The summed E-state index contributed by atoms with van der Waals surface area (Å²) in [4.78, 5) is 14.2. The summed E-state index contributed by atoms with van der Waals surface area (Å²) in [6.45, 7) is 4.33. The van der Waals surface area contributed by atoms with Crippen molar-refractivity contribution in [2.45, 2.75) is 25.0 Å². The molecule has 2 rings (SSSR count). The number of amides is 1. The first-order valence-electron chi connectivity index (χ1n) is 6.80. The lowest BCUT2D eigenvalue weighted by atomic mass is 10.1. The third-order valence-electron chi connectivity index (χ3n) is 3.42. The normalized spacial score (nSPS) is 17.4. The van der Waals surface area contributed by atoms with Crippen LogP contribution < -0.4 is 5.32 Å². The molecule has 0 atom stereocenters. The van der Waals surface area contributed by atoms with E-state index in [1.165, 1.54) is 18.4 Å². The third-order valence-corrected chi connectivity index (χ3v) is 4.79. The van der Waals surface area contributed by atoms with Crippen LogP contribution in [0.5, 0.6) is 0 Å². The number of nitrogens with zero attached hydrogens (tertiary/aromatic N) is 1. The van der Waals surface area contributed by atoms with Crippen molar-refractivity contribution in [1.82, 2.24) is 4.90 Å². The second-order valence-corrected chi connectivity index (χ2v) is 6.52. The Hall–Kier alpha value is -1.00. The second kappa shape index (κ2) is 6.96. The first kappa shape index (κ1) is 14.4. The molecule has 1 fully saturated rings. The predicted octanol–water partition coefficient (Wildman–Crippen LogP) is 2.76. The van der Waals surface area contributed by atoms with Crippen LogP contribution >= 0.6 is 11.8 Å². The van der Waals surface area contributed by atoms with Gasteiger partial charge < -0.3 is 10.2 Å². The van der Waals surface area contributed by atoms with Crippen molar-refractivity contribution >= 4 is 23.4 Å². The van der Waals surface area contributed by atoms with Crippen LogP contribution in [0.15, 0.2) is 24.3 Å². The molecule has 0 aliphatic carbocycles. The molecule has 1 aromatic rings. The van der Waals surface area contributed by atoms with Crippen molar-refractivity contribution in [1.29, 1.82) is 0 Å². The molecule has 1 N–H and O–H groups in total. The van der Waals surface area contributed by atoms with Crippen molar-refractivity contribution < 1.29 is 4.79 Å². The summed E-state index contributed by atoms with van der Waals surface area (Å²) in [6.07, 6.45) is 2.39. The summed E-state index contributed by atoms with van der Waals surface area (Å²) in [7, 11) is 2.16. The van der Waals surface area contributed by atoms with E-state index in [2.05, 4.69) is 17.3 Å². The molecule has 3 nitrogen and oxygen atoms in total. The maximum atomic E-state index is 11.9. The lowest BCUT2D eigenvalue weighted by Crippen LogP contribution is -2.32. The zero-order valence-corrected chi connectivity index (χ0v) is 12.5. The predicted molar refractivity (Wildman–Crippen MR) is 82.8 cm³/mol. The van der Waals surface area contributed by atoms with E-state index in [0.717, 1.165) is 18.8 Å². The minimum atomic E-state index is 0.106. The molecule has 0 bridgehead atoms. The quantitative estimate of drug-likeness (QED) is 0.919. The summed E-state index contributed by atoms with van der Waals surface area (Å²) in [5.41, 5.74) is 2.06. The van der Waals surface area contributed by atoms with Crippen molar-refractivity contribution in [2.75, 3.05) is 31.2 Å². The summed E-state index contributed by atoms with van der Waals surface area (Å²) in [5.74, 6) is 0.664. The fourth-order valence-electron chi connectivity index (χ4n) is 2.26. The minimum absolute atomic E-state index is 0.106. The fourth-order valence-corrected chi connectivity index (χ4v) is 3.27. The molecule has 1 aliphatic heterocycles.